The standard InChI is InChI=1S/C13H17ClN2O5S3/c14-11-1-2-12(22-11)24(20,21)16-6-4-15(5-7-16)13(17)10-3-8-23(18,19)9-10/h1-2,10H,3-9H2/t10-/m1/s1. The highest BCUT2D eigenvalue weighted by molar-refractivity contribution is 7.91. The zero-order chi connectivity index (χ0) is 17.5. The van der Waals surface area contributed by atoms with Gasteiger partial charge in [-0.3, -0.25) is 4.79 Å². The molecule has 2 aliphatic rings. The molecule has 2 aliphatic heterocycles. The summed E-state index contributed by atoms with van der Waals surface area (Å²) in [5, 5.41) is 0. The maximum Gasteiger partial charge on any atom is 0.252 e. The monoisotopic (exact) mass is 412 g/mol. The van der Waals surface area contributed by atoms with Crippen LogP contribution in [0, 0.1) is 5.92 Å². The van der Waals surface area contributed by atoms with E-state index in [0.29, 0.717) is 10.8 Å². The van der Waals surface area contributed by atoms with Crippen molar-refractivity contribution < 1.29 is 21.6 Å². The molecule has 1 atom stereocenters. The maximum atomic E-state index is 12.5. The average Bonchev–Trinajstić information content (AvgIpc) is 3.12. The molecule has 0 aromatic carbocycles. The predicted octanol–water partition coefficient (Wildman–Crippen LogP) is 0.669. The van der Waals surface area contributed by atoms with Crippen LogP contribution in [0.25, 0.3) is 0 Å². The molecular weight excluding hydrogens is 396 g/mol. The van der Waals surface area contributed by atoms with Crippen molar-refractivity contribution in [3.05, 3.63) is 16.5 Å². The first-order valence-electron chi connectivity index (χ1n) is 7.44. The number of amides is 1. The Morgan fingerprint density at radius 2 is 1.88 bits per heavy atom. The summed E-state index contributed by atoms with van der Waals surface area (Å²) in [4.78, 5) is 14.0. The molecule has 1 amide bonds. The number of sulfone groups is 1. The molecular formula is C13H17ClN2O5S3. The highest BCUT2D eigenvalue weighted by atomic mass is 35.5. The van der Waals surface area contributed by atoms with Gasteiger partial charge in [-0.15, -0.1) is 11.3 Å². The molecule has 2 fully saturated rings. The fourth-order valence-corrected chi connectivity index (χ4v) is 7.75. The topological polar surface area (TPSA) is 91.8 Å². The third kappa shape index (κ3) is 3.62. The van der Waals surface area contributed by atoms with Crippen molar-refractivity contribution in [3.63, 3.8) is 0 Å². The molecule has 1 aromatic rings. The van der Waals surface area contributed by atoms with E-state index in [9.17, 15) is 21.6 Å². The summed E-state index contributed by atoms with van der Waals surface area (Å²) in [7, 11) is -6.71. The number of rotatable bonds is 3. The van der Waals surface area contributed by atoms with Crippen molar-refractivity contribution in [2.45, 2.75) is 10.6 Å². The second kappa shape index (κ2) is 6.56. The van der Waals surface area contributed by atoms with Crippen molar-refractivity contribution in [3.8, 4) is 0 Å². The largest absolute Gasteiger partial charge is 0.340 e. The van der Waals surface area contributed by atoms with Crippen LogP contribution < -0.4 is 0 Å². The van der Waals surface area contributed by atoms with Gasteiger partial charge < -0.3 is 4.90 Å². The summed E-state index contributed by atoms with van der Waals surface area (Å²) >= 11 is 6.80. The molecule has 11 heteroatoms. The molecule has 7 nitrogen and oxygen atoms in total. The van der Waals surface area contributed by atoms with E-state index in [1.807, 2.05) is 0 Å². The minimum absolute atomic E-state index is 0.0525. The molecule has 3 rings (SSSR count). The number of hydrogen-bond donors (Lipinski definition) is 0. The van der Waals surface area contributed by atoms with E-state index in [1.54, 1.807) is 11.0 Å². The molecule has 0 spiro atoms. The van der Waals surface area contributed by atoms with Crippen molar-refractivity contribution in [1.29, 1.82) is 0 Å². The first-order chi connectivity index (χ1) is 11.2. The van der Waals surface area contributed by atoms with Crippen molar-refractivity contribution in [2.24, 2.45) is 5.92 Å². The van der Waals surface area contributed by atoms with Gasteiger partial charge in [0.05, 0.1) is 21.8 Å². The third-order valence-electron chi connectivity index (χ3n) is 4.27. The van der Waals surface area contributed by atoms with Gasteiger partial charge in [0.2, 0.25) is 5.91 Å². The molecule has 0 saturated carbocycles. The fraction of sp³-hybridized carbons (Fsp3) is 0.615. The summed E-state index contributed by atoms with van der Waals surface area (Å²) < 4.78 is 50.0. The van der Waals surface area contributed by atoms with Crippen molar-refractivity contribution in [1.82, 2.24) is 9.21 Å². The van der Waals surface area contributed by atoms with Crippen LogP contribution in [-0.4, -0.2) is 69.6 Å². The number of nitrogens with zero attached hydrogens (tertiary/aromatic N) is 2. The van der Waals surface area contributed by atoms with Crippen LogP contribution in [0.4, 0.5) is 0 Å². The van der Waals surface area contributed by atoms with Crippen LogP contribution in [0.5, 0.6) is 0 Å². The van der Waals surface area contributed by atoms with Crippen LogP contribution in [-0.2, 0) is 24.7 Å². The number of piperazine rings is 1. The molecule has 0 aliphatic carbocycles. The lowest BCUT2D eigenvalue weighted by molar-refractivity contribution is -0.135. The predicted molar refractivity (Wildman–Crippen MR) is 91.4 cm³/mol. The molecule has 1 aromatic heterocycles. The van der Waals surface area contributed by atoms with Crippen LogP contribution in [0.15, 0.2) is 16.3 Å². The number of hydrogen-bond acceptors (Lipinski definition) is 6. The van der Waals surface area contributed by atoms with E-state index in [-0.39, 0.29) is 47.8 Å². The number of halogens is 1. The van der Waals surface area contributed by atoms with Crippen LogP contribution in [0.2, 0.25) is 4.34 Å². The van der Waals surface area contributed by atoms with E-state index in [4.69, 9.17) is 11.6 Å². The minimum Gasteiger partial charge on any atom is -0.340 e. The molecule has 2 saturated heterocycles. The normalized spacial score (nSPS) is 25.0. The maximum absolute atomic E-state index is 12.5. The highest BCUT2D eigenvalue weighted by Gasteiger charge is 2.37. The SMILES string of the molecule is O=C([C@@H]1CCS(=O)(=O)C1)N1CCN(S(=O)(=O)c2ccc(Cl)s2)CC1. The lowest BCUT2D eigenvalue weighted by atomic mass is 10.1. The number of carbonyl (C=O) groups excluding carboxylic acids is 1. The van der Waals surface area contributed by atoms with Gasteiger partial charge in [0.1, 0.15) is 4.21 Å². The Morgan fingerprint density at radius 1 is 1.21 bits per heavy atom. The summed E-state index contributed by atoms with van der Waals surface area (Å²) in [6.45, 7) is 0.938. The molecule has 0 N–H and O–H groups in total. The van der Waals surface area contributed by atoms with Crippen LogP contribution in [0.3, 0.4) is 0 Å². The zero-order valence-electron chi connectivity index (χ0n) is 12.7. The Hall–Kier alpha value is -0.680. The molecule has 0 radical (unpaired) electrons. The molecule has 134 valence electrons. The van der Waals surface area contributed by atoms with Gasteiger partial charge in [0, 0.05) is 26.2 Å². The van der Waals surface area contributed by atoms with Gasteiger partial charge in [-0.1, -0.05) is 11.6 Å². The second-order valence-electron chi connectivity index (χ2n) is 5.89. The van der Waals surface area contributed by atoms with Gasteiger partial charge in [0.25, 0.3) is 10.0 Å². The number of sulfonamides is 1. The van der Waals surface area contributed by atoms with Gasteiger partial charge in [-0.05, 0) is 18.6 Å². The minimum atomic E-state index is -3.59. The first-order valence-corrected chi connectivity index (χ1v) is 11.9. The van der Waals surface area contributed by atoms with E-state index in [0.717, 1.165) is 11.3 Å². The smallest absolute Gasteiger partial charge is 0.252 e. The van der Waals surface area contributed by atoms with E-state index in [1.165, 1.54) is 10.4 Å². The molecule has 0 unspecified atom stereocenters. The van der Waals surface area contributed by atoms with E-state index >= 15 is 0 Å². The zero-order valence-corrected chi connectivity index (χ0v) is 15.9. The van der Waals surface area contributed by atoms with Gasteiger partial charge >= 0.3 is 0 Å². The van der Waals surface area contributed by atoms with Gasteiger partial charge in [-0.25, -0.2) is 16.8 Å². The number of carbonyl (C=O) groups is 1. The summed E-state index contributed by atoms with van der Waals surface area (Å²) in [6, 6.07) is 3.02. The fourth-order valence-electron chi connectivity index (χ4n) is 2.96. The first kappa shape index (κ1) is 18.1. The van der Waals surface area contributed by atoms with Crippen LogP contribution >= 0.6 is 22.9 Å². The second-order valence-corrected chi connectivity index (χ2v) is 12.0. The third-order valence-corrected chi connectivity index (χ3v) is 9.64. The average molecular weight is 413 g/mol. The molecule has 24 heavy (non-hydrogen) atoms. The lowest BCUT2D eigenvalue weighted by Crippen LogP contribution is -2.51. The number of thiophene rings is 1. The molecule has 3 heterocycles. The molecule has 0 bridgehead atoms. The Balaban J connectivity index is 1.63. The Morgan fingerprint density at radius 3 is 2.38 bits per heavy atom. The Labute approximate surface area is 150 Å². The summed E-state index contributed by atoms with van der Waals surface area (Å²) in [5.41, 5.74) is 0. The lowest BCUT2D eigenvalue weighted by Gasteiger charge is -2.34. The quantitative estimate of drug-likeness (QED) is 0.727. The van der Waals surface area contributed by atoms with Crippen molar-refractivity contribution >= 4 is 48.7 Å². The van der Waals surface area contributed by atoms with E-state index < -0.39 is 25.8 Å². The summed E-state index contributed by atoms with van der Waals surface area (Å²) in [6.07, 6.45) is 0.355. The van der Waals surface area contributed by atoms with Crippen LogP contribution in [0.1, 0.15) is 6.42 Å². The Bertz CT molecular complexity index is 841. The van der Waals surface area contributed by atoms with Gasteiger partial charge in [-0.2, -0.15) is 4.31 Å². The van der Waals surface area contributed by atoms with Gasteiger partial charge in [0.15, 0.2) is 9.84 Å². The van der Waals surface area contributed by atoms with E-state index in [2.05, 4.69) is 0 Å². The highest BCUT2D eigenvalue weighted by Crippen LogP contribution is 2.29. The summed E-state index contributed by atoms with van der Waals surface area (Å²) in [5.74, 6) is -0.726. The Kier molecular flexibility index (Phi) is 4.95. The van der Waals surface area contributed by atoms with Crippen molar-refractivity contribution in [2.75, 3.05) is 37.7 Å².